The van der Waals surface area contributed by atoms with Crippen molar-refractivity contribution < 1.29 is 14.3 Å². The van der Waals surface area contributed by atoms with Crippen molar-refractivity contribution in [2.45, 2.75) is 26.8 Å². The highest BCUT2D eigenvalue weighted by Crippen LogP contribution is 2.18. The van der Waals surface area contributed by atoms with Gasteiger partial charge in [-0.15, -0.1) is 0 Å². The molecular weight excluding hydrogens is 280 g/mol. The molecule has 1 amide bonds. The third-order valence-corrected chi connectivity index (χ3v) is 3.19. The molecule has 6 heteroatoms. The zero-order valence-electron chi connectivity index (χ0n) is 11.8. The monoisotopic (exact) mass is 298 g/mol. The van der Waals surface area contributed by atoms with E-state index in [1.807, 2.05) is 20.8 Å². The molecule has 0 saturated heterocycles. The molecule has 0 heterocycles. The van der Waals surface area contributed by atoms with E-state index in [1.54, 1.807) is 6.07 Å². The molecule has 0 fully saturated rings. The summed E-state index contributed by atoms with van der Waals surface area (Å²) in [6.07, 6.45) is 0. The number of halogens is 1. The second-order valence-corrected chi connectivity index (χ2v) is 5.34. The van der Waals surface area contributed by atoms with Crippen LogP contribution >= 0.6 is 11.6 Å². The molecule has 0 radical (unpaired) electrons. The maximum absolute atomic E-state index is 11.8. The molecule has 5 nitrogen and oxygen atoms in total. The van der Waals surface area contributed by atoms with Crippen molar-refractivity contribution in [1.82, 2.24) is 5.32 Å². The number of hydrogen-bond donors (Lipinski definition) is 2. The number of benzene rings is 1. The molecule has 3 N–H and O–H groups in total. The number of nitrogens with two attached hydrogens (primary N) is 1. The van der Waals surface area contributed by atoms with Gasteiger partial charge in [0.2, 0.25) is 0 Å². The van der Waals surface area contributed by atoms with Crippen molar-refractivity contribution in [1.29, 1.82) is 0 Å². The van der Waals surface area contributed by atoms with Gasteiger partial charge in [0.05, 0.1) is 5.56 Å². The van der Waals surface area contributed by atoms with Gasteiger partial charge >= 0.3 is 5.97 Å². The second kappa shape index (κ2) is 7.14. The number of carbonyl (C=O) groups excluding carboxylic acids is 2. The third-order valence-electron chi connectivity index (χ3n) is 2.96. The Morgan fingerprint density at radius 3 is 2.60 bits per heavy atom. The Hall–Kier alpha value is -1.75. The largest absolute Gasteiger partial charge is 0.452 e. The van der Waals surface area contributed by atoms with Crippen LogP contribution in [0, 0.1) is 5.92 Å². The number of nitrogen functional groups attached to an aromatic ring is 1. The number of hydrogen-bond acceptors (Lipinski definition) is 4. The zero-order chi connectivity index (χ0) is 15.3. The fraction of sp³-hybridized carbons (Fsp3) is 0.429. The Balaban J connectivity index is 2.55. The number of esters is 1. The first-order valence-corrected chi connectivity index (χ1v) is 6.70. The van der Waals surface area contributed by atoms with Crippen LogP contribution in [0.5, 0.6) is 0 Å². The van der Waals surface area contributed by atoms with Crippen molar-refractivity contribution in [3.8, 4) is 0 Å². The van der Waals surface area contributed by atoms with Crippen LogP contribution in [0.3, 0.4) is 0 Å². The number of anilines is 1. The van der Waals surface area contributed by atoms with Crippen molar-refractivity contribution >= 4 is 29.2 Å². The van der Waals surface area contributed by atoms with E-state index in [-0.39, 0.29) is 29.8 Å². The summed E-state index contributed by atoms with van der Waals surface area (Å²) in [6, 6.07) is 4.51. The average Bonchev–Trinajstić information content (AvgIpc) is 2.38. The Kier molecular flexibility index (Phi) is 5.82. The number of carbonyl (C=O) groups is 2. The maximum Gasteiger partial charge on any atom is 0.340 e. The summed E-state index contributed by atoms with van der Waals surface area (Å²) in [6.45, 7) is 5.52. The molecule has 20 heavy (non-hydrogen) atoms. The summed E-state index contributed by atoms with van der Waals surface area (Å²) >= 11 is 5.78. The van der Waals surface area contributed by atoms with E-state index in [9.17, 15) is 9.59 Å². The Labute approximate surface area is 123 Å². The van der Waals surface area contributed by atoms with Gasteiger partial charge in [0.1, 0.15) is 0 Å². The highest BCUT2D eigenvalue weighted by molar-refractivity contribution is 6.31. The molecular formula is C14H19ClN2O3. The van der Waals surface area contributed by atoms with Gasteiger partial charge in [-0.1, -0.05) is 25.4 Å². The predicted molar refractivity (Wildman–Crippen MR) is 78.6 cm³/mol. The van der Waals surface area contributed by atoms with E-state index in [2.05, 4.69) is 5.32 Å². The lowest BCUT2D eigenvalue weighted by molar-refractivity contribution is -0.125. The fourth-order valence-corrected chi connectivity index (χ4v) is 1.55. The van der Waals surface area contributed by atoms with Gasteiger partial charge in [-0.05, 0) is 31.0 Å². The van der Waals surface area contributed by atoms with Crippen LogP contribution in [0.2, 0.25) is 5.02 Å². The molecule has 0 saturated carbocycles. The minimum absolute atomic E-state index is 0.0115. The van der Waals surface area contributed by atoms with Crippen LogP contribution in [-0.4, -0.2) is 24.5 Å². The minimum Gasteiger partial charge on any atom is -0.452 e. The first-order chi connectivity index (χ1) is 9.31. The molecule has 0 spiro atoms. The van der Waals surface area contributed by atoms with Gasteiger partial charge in [0.15, 0.2) is 6.61 Å². The number of amides is 1. The number of ether oxygens (including phenoxy) is 1. The summed E-state index contributed by atoms with van der Waals surface area (Å²) in [5.41, 5.74) is 6.07. The summed E-state index contributed by atoms with van der Waals surface area (Å²) < 4.78 is 4.92. The Morgan fingerprint density at radius 1 is 1.35 bits per heavy atom. The number of nitrogens with one attached hydrogen (secondary N) is 1. The molecule has 0 aromatic heterocycles. The van der Waals surface area contributed by atoms with E-state index in [0.29, 0.717) is 10.9 Å². The molecule has 0 bridgehead atoms. The molecule has 1 atom stereocenters. The first kappa shape index (κ1) is 16.3. The lowest BCUT2D eigenvalue weighted by Gasteiger charge is -2.17. The van der Waals surface area contributed by atoms with E-state index in [0.717, 1.165) is 0 Å². The Morgan fingerprint density at radius 2 is 2.00 bits per heavy atom. The molecule has 1 unspecified atom stereocenters. The maximum atomic E-state index is 11.8. The molecule has 1 aromatic carbocycles. The quantitative estimate of drug-likeness (QED) is 0.645. The van der Waals surface area contributed by atoms with Crippen LogP contribution in [0.15, 0.2) is 18.2 Å². The van der Waals surface area contributed by atoms with E-state index < -0.39 is 5.97 Å². The van der Waals surface area contributed by atoms with Crippen LogP contribution in [0.25, 0.3) is 0 Å². The van der Waals surface area contributed by atoms with E-state index >= 15 is 0 Å². The number of rotatable bonds is 5. The molecule has 0 aliphatic heterocycles. The average molecular weight is 299 g/mol. The molecule has 1 aromatic rings. The SMILES string of the molecule is CC(C)C(C)NC(=O)COC(=O)c1cc(Cl)ccc1N. The highest BCUT2D eigenvalue weighted by atomic mass is 35.5. The van der Waals surface area contributed by atoms with Crippen LogP contribution in [0.1, 0.15) is 31.1 Å². The van der Waals surface area contributed by atoms with Crippen LogP contribution < -0.4 is 11.1 Å². The second-order valence-electron chi connectivity index (χ2n) is 4.91. The normalized spacial score (nSPS) is 12.1. The topological polar surface area (TPSA) is 81.4 Å². The lowest BCUT2D eigenvalue weighted by Crippen LogP contribution is -2.38. The predicted octanol–water partition coefficient (Wildman–Crippen LogP) is 2.24. The first-order valence-electron chi connectivity index (χ1n) is 6.32. The van der Waals surface area contributed by atoms with Crippen LogP contribution in [0.4, 0.5) is 5.69 Å². The van der Waals surface area contributed by atoms with E-state index in [1.165, 1.54) is 12.1 Å². The minimum atomic E-state index is -0.669. The zero-order valence-corrected chi connectivity index (χ0v) is 12.5. The van der Waals surface area contributed by atoms with Gasteiger partial charge in [-0.25, -0.2) is 4.79 Å². The summed E-state index contributed by atoms with van der Waals surface area (Å²) in [5.74, 6) is -0.712. The molecule has 0 aliphatic carbocycles. The van der Waals surface area contributed by atoms with Gasteiger partial charge < -0.3 is 15.8 Å². The van der Waals surface area contributed by atoms with Crippen molar-refractivity contribution in [3.05, 3.63) is 28.8 Å². The highest BCUT2D eigenvalue weighted by Gasteiger charge is 2.15. The Bertz CT molecular complexity index is 503. The summed E-state index contributed by atoms with van der Waals surface area (Å²) in [4.78, 5) is 23.4. The van der Waals surface area contributed by atoms with Gasteiger partial charge in [0.25, 0.3) is 5.91 Å². The molecule has 110 valence electrons. The van der Waals surface area contributed by atoms with Crippen molar-refractivity contribution in [2.24, 2.45) is 5.92 Å². The molecule has 0 aliphatic rings. The van der Waals surface area contributed by atoms with E-state index in [4.69, 9.17) is 22.1 Å². The van der Waals surface area contributed by atoms with Gasteiger partial charge in [0, 0.05) is 16.8 Å². The third kappa shape index (κ3) is 4.74. The van der Waals surface area contributed by atoms with Crippen molar-refractivity contribution in [2.75, 3.05) is 12.3 Å². The van der Waals surface area contributed by atoms with Gasteiger partial charge in [-0.3, -0.25) is 4.79 Å². The van der Waals surface area contributed by atoms with Crippen LogP contribution in [-0.2, 0) is 9.53 Å². The fourth-order valence-electron chi connectivity index (χ4n) is 1.38. The summed E-state index contributed by atoms with van der Waals surface area (Å²) in [5, 5.41) is 3.12. The standard InChI is InChI=1S/C14H19ClN2O3/c1-8(2)9(3)17-13(18)7-20-14(19)11-6-10(15)4-5-12(11)16/h4-6,8-9H,7,16H2,1-3H3,(H,17,18). The van der Waals surface area contributed by atoms with Crippen molar-refractivity contribution in [3.63, 3.8) is 0 Å². The molecule has 1 rings (SSSR count). The summed E-state index contributed by atoms with van der Waals surface area (Å²) in [7, 11) is 0. The lowest BCUT2D eigenvalue weighted by atomic mass is 10.1. The smallest absolute Gasteiger partial charge is 0.340 e. The van der Waals surface area contributed by atoms with Gasteiger partial charge in [-0.2, -0.15) is 0 Å².